The predicted molar refractivity (Wildman–Crippen MR) is 118 cm³/mol. The second-order valence-corrected chi connectivity index (χ2v) is 7.73. The number of rotatable bonds is 7. The Bertz CT molecular complexity index is 808. The lowest BCUT2D eigenvalue weighted by Crippen LogP contribution is -2.34. The van der Waals surface area contributed by atoms with Crippen molar-refractivity contribution < 1.29 is 4.79 Å². The molecule has 0 bridgehead atoms. The highest BCUT2D eigenvalue weighted by molar-refractivity contribution is 9.10. The summed E-state index contributed by atoms with van der Waals surface area (Å²) in [6.07, 6.45) is 3.68. The van der Waals surface area contributed by atoms with Gasteiger partial charge in [-0.15, -0.1) is 0 Å². The molecule has 1 atom stereocenters. The number of amides is 1. The van der Waals surface area contributed by atoms with E-state index in [-0.39, 0.29) is 5.91 Å². The lowest BCUT2D eigenvalue weighted by Gasteiger charge is -2.13. The van der Waals surface area contributed by atoms with E-state index in [0.29, 0.717) is 5.92 Å². The number of nitrogens with zero attached hydrogens (tertiary/aromatic N) is 1. The van der Waals surface area contributed by atoms with Gasteiger partial charge in [0.2, 0.25) is 0 Å². The van der Waals surface area contributed by atoms with Gasteiger partial charge in [0.1, 0.15) is 6.04 Å². The number of carbonyl (C=O) groups is 1. The third-order valence-corrected chi connectivity index (χ3v) is 4.59. The molecule has 0 aliphatic carbocycles. The molecule has 2 aromatic carbocycles. The van der Waals surface area contributed by atoms with Crippen molar-refractivity contribution in [2.75, 3.05) is 5.32 Å². The quantitative estimate of drug-likeness (QED) is 0.447. The molecule has 1 amide bonds. The van der Waals surface area contributed by atoms with Crippen molar-refractivity contribution in [3.05, 3.63) is 69.7 Å². The second kappa shape index (κ2) is 10.1. The van der Waals surface area contributed by atoms with Gasteiger partial charge in [-0.2, -0.15) is 5.10 Å². The fourth-order valence-corrected chi connectivity index (χ4v) is 2.70. The first-order chi connectivity index (χ1) is 12.8. The number of benzene rings is 2. The smallest absolute Gasteiger partial charge is 0.262 e. The summed E-state index contributed by atoms with van der Waals surface area (Å²) < 4.78 is 0.996. The number of anilines is 1. The van der Waals surface area contributed by atoms with Crippen molar-refractivity contribution in [2.45, 2.75) is 39.7 Å². The summed E-state index contributed by atoms with van der Waals surface area (Å²) in [6, 6.07) is 15.7. The van der Waals surface area contributed by atoms with Crippen LogP contribution in [0.3, 0.4) is 0 Å². The van der Waals surface area contributed by atoms with Gasteiger partial charge < -0.3 is 5.32 Å². The maximum atomic E-state index is 12.1. The molecule has 4 nitrogen and oxygen atoms in total. The van der Waals surface area contributed by atoms with Gasteiger partial charge >= 0.3 is 0 Å². The number of allylic oxidation sites excluding steroid dienone is 1. The summed E-state index contributed by atoms with van der Waals surface area (Å²) in [5, 5.41) is 7.19. The molecule has 2 rings (SSSR count). The first-order valence-corrected chi connectivity index (χ1v) is 9.77. The van der Waals surface area contributed by atoms with E-state index in [0.717, 1.165) is 21.3 Å². The van der Waals surface area contributed by atoms with Gasteiger partial charge in [-0.3, -0.25) is 4.79 Å². The molecule has 0 radical (unpaired) electrons. The Morgan fingerprint density at radius 2 is 1.67 bits per heavy atom. The summed E-state index contributed by atoms with van der Waals surface area (Å²) >= 11 is 3.39. The summed E-state index contributed by atoms with van der Waals surface area (Å²) in [7, 11) is 0. The predicted octanol–water partition coefficient (Wildman–Crippen LogP) is 5.58. The van der Waals surface area contributed by atoms with E-state index in [4.69, 9.17) is 0 Å². The first-order valence-electron chi connectivity index (χ1n) is 8.98. The Balaban J connectivity index is 1.87. The zero-order chi connectivity index (χ0) is 19.8. The lowest BCUT2D eigenvalue weighted by molar-refractivity contribution is -0.121. The van der Waals surface area contributed by atoms with Crippen LogP contribution in [0.25, 0.3) is 6.08 Å². The van der Waals surface area contributed by atoms with Crippen LogP contribution in [0.15, 0.2) is 63.7 Å². The third-order valence-electron chi connectivity index (χ3n) is 4.06. The summed E-state index contributed by atoms with van der Waals surface area (Å²) in [4.78, 5) is 12.1. The Hall–Kier alpha value is -2.40. The second-order valence-electron chi connectivity index (χ2n) is 6.82. The van der Waals surface area contributed by atoms with Crippen molar-refractivity contribution in [1.29, 1.82) is 0 Å². The van der Waals surface area contributed by atoms with E-state index < -0.39 is 6.04 Å². The monoisotopic (exact) mass is 427 g/mol. The lowest BCUT2D eigenvalue weighted by atomic mass is 10.0. The third kappa shape index (κ3) is 7.02. The fraction of sp³-hybridized carbons (Fsp3) is 0.273. The molecule has 0 saturated heterocycles. The minimum absolute atomic E-state index is 0.191. The Morgan fingerprint density at radius 3 is 2.26 bits per heavy atom. The summed E-state index contributed by atoms with van der Waals surface area (Å²) in [5.74, 6) is 0.331. The number of carbonyl (C=O) groups excluding carboxylic acids is 1. The molecule has 2 aromatic rings. The number of halogens is 1. The molecule has 0 saturated carbocycles. The number of hydrazone groups is 1. The molecular formula is C22H26BrN3O. The summed E-state index contributed by atoms with van der Waals surface area (Å²) in [6.45, 7) is 8.11. The molecule has 2 N–H and O–H groups in total. The van der Waals surface area contributed by atoms with Gasteiger partial charge in [-0.25, -0.2) is 5.43 Å². The van der Waals surface area contributed by atoms with Crippen LogP contribution in [0.1, 0.15) is 44.7 Å². The van der Waals surface area contributed by atoms with Crippen molar-refractivity contribution >= 4 is 39.8 Å². The Morgan fingerprint density at radius 1 is 1.04 bits per heavy atom. The average Bonchev–Trinajstić information content (AvgIpc) is 2.64. The average molecular weight is 428 g/mol. The largest absolute Gasteiger partial charge is 0.374 e. The van der Waals surface area contributed by atoms with E-state index >= 15 is 0 Å². The van der Waals surface area contributed by atoms with Gasteiger partial charge in [0.05, 0.1) is 6.21 Å². The molecule has 0 aliphatic heterocycles. The van der Waals surface area contributed by atoms with Gasteiger partial charge in [0.25, 0.3) is 5.91 Å². The minimum Gasteiger partial charge on any atom is -0.374 e. The normalized spacial score (nSPS) is 13.0. The van der Waals surface area contributed by atoms with E-state index in [1.54, 1.807) is 13.1 Å². The zero-order valence-electron chi connectivity index (χ0n) is 16.2. The van der Waals surface area contributed by atoms with Gasteiger partial charge in [0, 0.05) is 10.2 Å². The SMILES string of the molecule is C/C(C=NNC(=O)[C@@H](C)Nc1ccc(Br)cc1)=C\c1ccc(C(C)C)cc1. The van der Waals surface area contributed by atoms with E-state index in [9.17, 15) is 4.79 Å². The maximum absolute atomic E-state index is 12.1. The number of hydrogen-bond acceptors (Lipinski definition) is 3. The number of hydrogen-bond donors (Lipinski definition) is 2. The van der Waals surface area contributed by atoms with Crippen LogP contribution in [0.4, 0.5) is 5.69 Å². The molecular weight excluding hydrogens is 402 g/mol. The first kappa shape index (κ1) is 20.9. The summed E-state index contributed by atoms with van der Waals surface area (Å²) in [5.41, 5.74) is 6.84. The highest BCUT2D eigenvalue weighted by Gasteiger charge is 2.11. The van der Waals surface area contributed by atoms with Crippen LogP contribution in [-0.4, -0.2) is 18.2 Å². The van der Waals surface area contributed by atoms with E-state index in [1.807, 2.05) is 37.3 Å². The van der Waals surface area contributed by atoms with Crippen molar-refractivity contribution in [3.8, 4) is 0 Å². The van der Waals surface area contributed by atoms with Crippen LogP contribution in [0.5, 0.6) is 0 Å². The van der Waals surface area contributed by atoms with Gasteiger partial charge in [-0.05, 0) is 60.7 Å². The number of nitrogens with one attached hydrogen (secondary N) is 2. The molecule has 27 heavy (non-hydrogen) atoms. The molecule has 0 aromatic heterocycles. The molecule has 0 fully saturated rings. The van der Waals surface area contributed by atoms with Crippen LogP contribution < -0.4 is 10.7 Å². The minimum atomic E-state index is -0.392. The molecule has 142 valence electrons. The molecule has 0 aliphatic rings. The molecule has 0 unspecified atom stereocenters. The van der Waals surface area contributed by atoms with Crippen LogP contribution in [-0.2, 0) is 4.79 Å². The van der Waals surface area contributed by atoms with Crippen molar-refractivity contribution in [3.63, 3.8) is 0 Å². The van der Waals surface area contributed by atoms with Gasteiger partial charge in [-0.1, -0.05) is 60.1 Å². The molecule has 0 heterocycles. The standard InChI is InChI=1S/C22H26BrN3O/c1-15(2)19-7-5-18(6-8-19)13-16(3)14-24-26-22(27)17(4)25-21-11-9-20(23)10-12-21/h5-15,17,25H,1-4H3,(H,26,27)/b16-13+,24-14?/t17-/m1/s1. The fourth-order valence-electron chi connectivity index (χ4n) is 2.43. The van der Waals surface area contributed by atoms with Crippen LogP contribution in [0, 0.1) is 0 Å². The van der Waals surface area contributed by atoms with E-state index in [2.05, 4.69) is 69.9 Å². The molecule has 5 heteroatoms. The maximum Gasteiger partial charge on any atom is 0.262 e. The Labute approximate surface area is 169 Å². The van der Waals surface area contributed by atoms with Gasteiger partial charge in [0.15, 0.2) is 0 Å². The van der Waals surface area contributed by atoms with Crippen molar-refractivity contribution in [2.24, 2.45) is 5.10 Å². The topological polar surface area (TPSA) is 53.5 Å². The molecule has 0 spiro atoms. The van der Waals surface area contributed by atoms with Crippen LogP contribution >= 0.6 is 15.9 Å². The highest BCUT2D eigenvalue weighted by atomic mass is 79.9. The zero-order valence-corrected chi connectivity index (χ0v) is 17.7. The highest BCUT2D eigenvalue weighted by Crippen LogP contribution is 2.16. The Kier molecular flexibility index (Phi) is 7.80. The van der Waals surface area contributed by atoms with E-state index in [1.165, 1.54) is 5.56 Å². The van der Waals surface area contributed by atoms with Crippen LogP contribution in [0.2, 0.25) is 0 Å². The van der Waals surface area contributed by atoms with Crippen molar-refractivity contribution in [1.82, 2.24) is 5.43 Å².